The van der Waals surface area contributed by atoms with Gasteiger partial charge in [0, 0.05) is 49.7 Å². The number of benzene rings is 2. The molecule has 0 aromatic heterocycles. The van der Waals surface area contributed by atoms with E-state index in [1.54, 1.807) is 61.5 Å². The van der Waals surface area contributed by atoms with E-state index in [-0.39, 0.29) is 24.0 Å². The van der Waals surface area contributed by atoms with Crippen LogP contribution < -0.4 is 15.4 Å². The number of likely N-dealkylation sites (N-methyl/N-ethyl adjacent to an activating group) is 2. The van der Waals surface area contributed by atoms with Crippen LogP contribution in [0.4, 0.5) is 16.2 Å². The molecule has 0 saturated carbocycles. The monoisotopic (exact) mass is 488 g/mol. The van der Waals surface area contributed by atoms with Gasteiger partial charge in [-0.3, -0.25) is 9.69 Å². The van der Waals surface area contributed by atoms with Crippen molar-refractivity contribution in [3.05, 3.63) is 53.1 Å². The summed E-state index contributed by atoms with van der Waals surface area (Å²) >= 11 is 5.98. The van der Waals surface area contributed by atoms with Crippen LogP contribution in [0.5, 0.6) is 5.75 Å². The van der Waals surface area contributed by atoms with Crippen molar-refractivity contribution in [2.75, 3.05) is 51.5 Å². The van der Waals surface area contributed by atoms with E-state index in [4.69, 9.17) is 21.1 Å². The summed E-state index contributed by atoms with van der Waals surface area (Å²) in [5.41, 5.74) is 1.41. The van der Waals surface area contributed by atoms with E-state index in [0.717, 1.165) is 6.54 Å². The second-order valence-corrected chi connectivity index (χ2v) is 9.27. The van der Waals surface area contributed by atoms with E-state index in [1.165, 1.54) is 0 Å². The first-order valence-corrected chi connectivity index (χ1v) is 11.6. The molecule has 1 aliphatic heterocycles. The standard InChI is InChI=1S/C25H33ClN4O4/c1-16-13-29(3)17(2)15-34-22-10-9-20(12-21(22)24(31)30(4)14-23(16)33-5)28-25(32)27-19-8-6-7-18(26)11-19/h6-12,16-17,23H,13-15H2,1-5H3,(H2,27,28,32)/t16-,17+,23+/m0/s1. The number of fused-ring (bicyclic) bond motifs is 1. The fourth-order valence-corrected chi connectivity index (χ4v) is 4.09. The molecule has 184 valence electrons. The van der Waals surface area contributed by atoms with Crippen LogP contribution in [0.15, 0.2) is 42.5 Å². The van der Waals surface area contributed by atoms with Gasteiger partial charge in [0.05, 0.1) is 11.7 Å². The molecule has 1 heterocycles. The van der Waals surface area contributed by atoms with Gasteiger partial charge in [-0.1, -0.05) is 24.6 Å². The summed E-state index contributed by atoms with van der Waals surface area (Å²) in [5.74, 6) is 0.486. The Morgan fingerprint density at radius 1 is 1.09 bits per heavy atom. The number of anilines is 2. The molecule has 3 rings (SSSR count). The van der Waals surface area contributed by atoms with Gasteiger partial charge >= 0.3 is 6.03 Å². The van der Waals surface area contributed by atoms with Crippen LogP contribution in [0.25, 0.3) is 0 Å². The highest BCUT2D eigenvalue weighted by molar-refractivity contribution is 6.30. The number of carbonyl (C=O) groups is 2. The molecule has 0 radical (unpaired) electrons. The average Bonchev–Trinajstić information content (AvgIpc) is 2.79. The summed E-state index contributed by atoms with van der Waals surface area (Å²) in [7, 11) is 5.48. The molecule has 3 atom stereocenters. The molecule has 0 bridgehead atoms. The van der Waals surface area contributed by atoms with Crippen LogP contribution in [0.2, 0.25) is 5.02 Å². The molecule has 0 aliphatic carbocycles. The number of hydrogen-bond donors (Lipinski definition) is 2. The van der Waals surface area contributed by atoms with E-state index in [1.807, 2.05) is 0 Å². The largest absolute Gasteiger partial charge is 0.491 e. The fraction of sp³-hybridized carbons (Fsp3) is 0.440. The van der Waals surface area contributed by atoms with Crippen molar-refractivity contribution in [2.24, 2.45) is 5.92 Å². The van der Waals surface area contributed by atoms with E-state index < -0.39 is 6.03 Å². The van der Waals surface area contributed by atoms with Crippen molar-refractivity contribution < 1.29 is 19.1 Å². The molecule has 0 spiro atoms. The number of hydrogen-bond acceptors (Lipinski definition) is 5. The molecule has 8 nitrogen and oxygen atoms in total. The van der Waals surface area contributed by atoms with E-state index >= 15 is 0 Å². The van der Waals surface area contributed by atoms with Gasteiger partial charge in [0.1, 0.15) is 12.4 Å². The van der Waals surface area contributed by atoms with Crippen molar-refractivity contribution in [1.82, 2.24) is 9.80 Å². The lowest BCUT2D eigenvalue weighted by Crippen LogP contribution is -2.45. The predicted octanol–water partition coefficient (Wildman–Crippen LogP) is 4.42. The minimum absolute atomic E-state index is 0.114. The lowest BCUT2D eigenvalue weighted by molar-refractivity contribution is 0.0150. The Morgan fingerprint density at radius 2 is 1.79 bits per heavy atom. The Kier molecular flexibility index (Phi) is 8.77. The van der Waals surface area contributed by atoms with Gasteiger partial charge in [0.15, 0.2) is 0 Å². The lowest BCUT2D eigenvalue weighted by Gasteiger charge is -2.34. The highest BCUT2D eigenvalue weighted by atomic mass is 35.5. The van der Waals surface area contributed by atoms with Crippen LogP contribution in [-0.2, 0) is 4.74 Å². The first-order chi connectivity index (χ1) is 16.2. The second kappa shape index (κ2) is 11.6. The zero-order valence-corrected chi connectivity index (χ0v) is 21.1. The van der Waals surface area contributed by atoms with Crippen molar-refractivity contribution in [3.8, 4) is 5.75 Å². The maximum absolute atomic E-state index is 13.4. The Morgan fingerprint density at radius 3 is 2.47 bits per heavy atom. The molecule has 9 heteroatoms. The molecule has 0 saturated heterocycles. The molecule has 2 aromatic carbocycles. The normalized spacial score (nSPS) is 22.1. The predicted molar refractivity (Wildman–Crippen MR) is 135 cm³/mol. The van der Waals surface area contributed by atoms with Crippen LogP contribution in [-0.4, -0.2) is 74.8 Å². The number of ether oxygens (including phenoxy) is 2. The van der Waals surface area contributed by atoms with Gasteiger partial charge in [-0.25, -0.2) is 4.79 Å². The number of amides is 3. The highest BCUT2D eigenvalue weighted by Gasteiger charge is 2.27. The van der Waals surface area contributed by atoms with Crippen LogP contribution in [0, 0.1) is 5.92 Å². The molecule has 2 aromatic rings. The van der Waals surface area contributed by atoms with Gasteiger partial charge in [0.2, 0.25) is 0 Å². The Hall–Kier alpha value is -2.81. The van der Waals surface area contributed by atoms with Gasteiger partial charge in [-0.2, -0.15) is 0 Å². The third-order valence-electron chi connectivity index (χ3n) is 6.10. The third-order valence-corrected chi connectivity index (χ3v) is 6.33. The summed E-state index contributed by atoms with van der Waals surface area (Å²) < 4.78 is 11.8. The molecule has 1 aliphatic rings. The van der Waals surface area contributed by atoms with Gasteiger partial charge in [-0.15, -0.1) is 0 Å². The van der Waals surface area contributed by atoms with Gasteiger partial charge < -0.3 is 25.0 Å². The zero-order valence-electron chi connectivity index (χ0n) is 20.3. The average molecular weight is 489 g/mol. The molecule has 2 N–H and O–H groups in total. The quantitative estimate of drug-likeness (QED) is 0.668. The minimum atomic E-state index is -0.444. The number of halogens is 1. The minimum Gasteiger partial charge on any atom is -0.491 e. The molecule has 0 unspecified atom stereocenters. The Bertz CT molecular complexity index is 1020. The number of rotatable bonds is 3. The molecule has 34 heavy (non-hydrogen) atoms. The van der Waals surface area contributed by atoms with E-state index in [2.05, 4.69) is 36.4 Å². The summed E-state index contributed by atoms with van der Waals surface area (Å²) in [5, 5.41) is 6.03. The summed E-state index contributed by atoms with van der Waals surface area (Å²) in [4.78, 5) is 29.7. The lowest BCUT2D eigenvalue weighted by atomic mass is 10.0. The third kappa shape index (κ3) is 6.62. The van der Waals surface area contributed by atoms with Crippen molar-refractivity contribution in [1.29, 1.82) is 0 Å². The van der Waals surface area contributed by atoms with Crippen LogP contribution >= 0.6 is 11.6 Å². The first kappa shape index (κ1) is 25.8. The van der Waals surface area contributed by atoms with Crippen molar-refractivity contribution in [2.45, 2.75) is 26.0 Å². The molecular weight excluding hydrogens is 456 g/mol. The number of methoxy groups -OCH3 is 1. The van der Waals surface area contributed by atoms with Gasteiger partial charge in [0.25, 0.3) is 5.91 Å². The summed E-state index contributed by atoms with van der Waals surface area (Å²) in [6, 6.07) is 11.6. The van der Waals surface area contributed by atoms with E-state index in [0.29, 0.717) is 40.9 Å². The van der Waals surface area contributed by atoms with Crippen LogP contribution in [0.3, 0.4) is 0 Å². The number of urea groups is 1. The second-order valence-electron chi connectivity index (χ2n) is 8.84. The van der Waals surface area contributed by atoms with Crippen molar-refractivity contribution >= 4 is 34.9 Å². The molecule has 0 fully saturated rings. The van der Waals surface area contributed by atoms with Crippen molar-refractivity contribution in [3.63, 3.8) is 0 Å². The number of carbonyl (C=O) groups excluding carboxylic acids is 2. The summed E-state index contributed by atoms with van der Waals surface area (Å²) in [6.45, 7) is 5.89. The molecular formula is C25H33ClN4O4. The maximum atomic E-state index is 13.4. The zero-order chi connectivity index (χ0) is 24.8. The fourth-order valence-electron chi connectivity index (χ4n) is 3.90. The Balaban J connectivity index is 1.85. The topological polar surface area (TPSA) is 83.1 Å². The number of nitrogens with zero attached hydrogens (tertiary/aromatic N) is 2. The molecule has 3 amide bonds. The van der Waals surface area contributed by atoms with Crippen LogP contribution in [0.1, 0.15) is 24.2 Å². The van der Waals surface area contributed by atoms with E-state index in [9.17, 15) is 9.59 Å². The first-order valence-electron chi connectivity index (χ1n) is 11.3. The smallest absolute Gasteiger partial charge is 0.323 e. The van der Waals surface area contributed by atoms with Gasteiger partial charge in [-0.05, 0) is 56.3 Å². The summed E-state index contributed by atoms with van der Waals surface area (Å²) in [6.07, 6.45) is -0.114. The maximum Gasteiger partial charge on any atom is 0.323 e. The number of nitrogens with one attached hydrogen (secondary N) is 2. The SMILES string of the molecule is CO[C@@H]1CN(C)C(=O)c2cc(NC(=O)Nc3cccc(Cl)c3)ccc2OC[C@@H](C)N(C)C[C@@H]1C. The Labute approximate surface area is 206 Å². The highest BCUT2D eigenvalue weighted by Crippen LogP contribution is 2.26.